The number of esters is 1. The van der Waals surface area contributed by atoms with Crippen molar-refractivity contribution in [3.63, 3.8) is 0 Å². The Kier molecular flexibility index (Phi) is 4.16. The highest BCUT2D eigenvalue weighted by atomic mass is 16.5. The number of benzene rings is 1. The molecule has 0 unspecified atom stereocenters. The van der Waals surface area contributed by atoms with Gasteiger partial charge in [-0.2, -0.15) is 0 Å². The van der Waals surface area contributed by atoms with E-state index in [4.69, 9.17) is 9.47 Å². The van der Waals surface area contributed by atoms with Crippen LogP contribution in [0, 0.1) is 6.92 Å². The molecule has 0 aromatic heterocycles. The summed E-state index contributed by atoms with van der Waals surface area (Å²) in [5.41, 5.74) is 1.40. The molecule has 1 aromatic rings. The van der Waals surface area contributed by atoms with Crippen molar-refractivity contribution in [3.8, 4) is 5.75 Å². The van der Waals surface area contributed by atoms with Crippen molar-refractivity contribution in [3.05, 3.63) is 29.3 Å². The van der Waals surface area contributed by atoms with Gasteiger partial charge in [0.1, 0.15) is 11.3 Å². The van der Waals surface area contributed by atoms with Gasteiger partial charge in [-0.3, -0.25) is 0 Å². The van der Waals surface area contributed by atoms with E-state index in [2.05, 4.69) is 0 Å². The molecule has 3 nitrogen and oxygen atoms in total. The first-order valence-corrected chi connectivity index (χ1v) is 5.10. The summed E-state index contributed by atoms with van der Waals surface area (Å²) in [6, 6.07) is 5.51. The summed E-state index contributed by atoms with van der Waals surface area (Å²) < 4.78 is 10.4. The first-order chi connectivity index (χ1) is 7.20. The predicted molar refractivity (Wildman–Crippen MR) is 58.3 cm³/mol. The van der Waals surface area contributed by atoms with Crippen LogP contribution in [-0.4, -0.2) is 19.2 Å². The lowest BCUT2D eigenvalue weighted by Gasteiger charge is -2.11. The Labute approximate surface area is 90.0 Å². The topological polar surface area (TPSA) is 35.5 Å². The SMILES string of the molecule is CCOC(=O)c1c(C)cccc1OCC. The maximum atomic E-state index is 11.7. The van der Waals surface area contributed by atoms with Crippen LogP contribution in [0.4, 0.5) is 0 Å². The van der Waals surface area contributed by atoms with Crippen molar-refractivity contribution in [2.75, 3.05) is 13.2 Å². The molecule has 0 amide bonds. The monoisotopic (exact) mass is 208 g/mol. The van der Waals surface area contributed by atoms with Crippen molar-refractivity contribution in [2.45, 2.75) is 20.8 Å². The molecule has 0 fully saturated rings. The van der Waals surface area contributed by atoms with Gasteiger partial charge in [0.05, 0.1) is 13.2 Å². The van der Waals surface area contributed by atoms with Crippen molar-refractivity contribution < 1.29 is 14.3 Å². The van der Waals surface area contributed by atoms with Crippen molar-refractivity contribution in [1.82, 2.24) is 0 Å². The Bertz CT molecular complexity index is 345. The van der Waals surface area contributed by atoms with E-state index in [1.165, 1.54) is 0 Å². The van der Waals surface area contributed by atoms with Gasteiger partial charge in [0.15, 0.2) is 0 Å². The second-order valence-corrected chi connectivity index (χ2v) is 3.10. The van der Waals surface area contributed by atoms with Crippen molar-refractivity contribution in [2.24, 2.45) is 0 Å². The molecule has 3 heteroatoms. The molecule has 0 aliphatic carbocycles. The van der Waals surface area contributed by atoms with Crippen molar-refractivity contribution >= 4 is 5.97 Å². The van der Waals surface area contributed by atoms with Gasteiger partial charge in [-0.1, -0.05) is 12.1 Å². The maximum Gasteiger partial charge on any atom is 0.342 e. The molecule has 0 aliphatic rings. The molecular formula is C12H16O3. The van der Waals surface area contributed by atoms with E-state index in [0.717, 1.165) is 5.56 Å². The zero-order chi connectivity index (χ0) is 11.3. The minimum absolute atomic E-state index is 0.320. The Morgan fingerprint density at radius 3 is 2.60 bits per heavy atom. The standard InChI is InChI=1S/C12H16O3/c1-4-14-10-8-6-7-9(3)11(10)12(13)15-5-2/h6-8H,4-5H2,1-3H3. The minimum Gasteiger partial charge on any atom is -0.493 e. The number of hydrogen-bond acceptors (Lipinski definition) is 3. The molecule has 0 aliphatic heterocycles. The van der Waals surface area contributed by atoms with Crippen LogP contribution in [0.15, 0.2) is 18.2 Å². The van der Waals surface area contributed by atoms with Gasteiger partial charge in [0.2, 0.25) is 0 Å². The third-order valence-corrected chi connectivity index (χ3v) is 2.01. The lowest BCUT2D eigenvalue weighted by molar-refractivity contribution is 0.0521. The molecule has 0 saturated carbocycles. The van der Waals surface area contributed by atoms with Gasteiger partial charge in [-0.25, -0.2) is 4.79 Å². The Hall–Kier alpha value is -1.51. The number of carbonyl (C=O) groups is 1. The molecule has 1 rings (SSSR count). The summed E-state index contributed by atoms with van der Waals surface area (Å²) in [7, 11) is 0. The largest absolute Gasteiger partial charge is 0.493 e. The first kappa shape index (κ1) is 11.6. The second-order valence-electron chi connectivity index (χ2n) is 3.10. The summed E-state index contributed by atoms with van der Waals surface area (Å²) in [6.45, 7) is 6.46. The molecule has 0 heterocycles. The summed E-state index contributed by atoms with van der Waals surface area (Å²) >= 11 is 0. The summed E-state index contributed by atoms with van der Waals surface area (Å²) in [6.07, 6.45) is 0. The second kappa shape index (κ2) is 5.39. The molecule has 0 radical (unpaired) electrons. The summed E-state index contributed by atoms with van der Waals surface area (Å²) in [5, 5.41) is 0. The summed E-state index contributed by atoms with van der Waals surface area (Å²) in [4.78, 5) is 11.7. The third-order valence-electron chi connectivity index (χ3n) is 2.01. The fraction of sp³-hybridized carbons (Fsp3) is 0.417. The fourth-order valence-corrected chi connectivity index (χ4v) is 1.38. The van der Waals surface area contributed by atoms with E-state index in [0.29, 0.717) is 24.5 Å². The zero-order valence-electron chi connectivity index (χ0n) is 9.37. The van der Waals surface area contributed by atoms with E-state index in [1.54, 1.807) is 13.0 Å². The average molecular weight is 208 g/mol. The molecule has 0 saturated heterocycles. The predicted octanol–water partition coefficient (Wildman–Crippen LogP) is 2.57. The van der Waals surface area contributed by atoms with Crippen LogP contribution in [0.2, 0.25) is 0 Å². The lowest BCUT2D eigenvalue weighted by Crippen LogP contribution is -2.09. The van der Waals surface area contributed by atoms with E-state index in [1.807, 2.05) is 26.0 Å². The van der Waals surface area contributed by atoms with Crippen LogP contribution >= 0.6 is 0 Å². The Morgan fingerprint density at radius 1 is 1.27 bits per heavy atom. The first-order valence-electron chi connectivity index (χ1n) is 5.10. The quantitative estimate of drug-likeness (QED) is 0.713. The number of ether oxygens (including phenoxy) is 2. The maximum absolute atomic E-state index is 11.7. The van der Waals surface area contributed by atoms with Gasteiger partial charge in [-0.15, -0.1) is 0 Å². The van der Waals surface area contributed by atoms with Gasteiger partial charge in [-0.05, 0) is 32.4 Å². The Balaban J connectivity index is 3.06. The highest BCUT2D eigenvalue weighted by molar-refractivity contribution is 5.94. The van der Waals surface area contributed by atoms with Crippen LogP contribution in [-0.2, 0) is 4.74 Å². The summed E-state index contributed by atoms with van der Waals surface area (Å²) in [5.74, 6) is 0.273. The molecule has 0 bridgehead atoms. The van der Waals surface area contributed by atoms with Crippen LogP contribution in [0.1, 0.15) is 29.8 Å². The fourth-order valence-electron chi connectivity index (χ4n) is 1.38. The zero-order valence-corrected chi connectivity index (χ0v) is 9.37. The number of rotatable bonds is 4. The number of aryl methyl sites for hydroxylation is 1. The van der Waals surface area contributed by atoms with Gasteiger partial charge < -0.3 is 9.47 Å². The van der Waals surface area contributed by atoms with Crippen LogP contribution in [0.25, 0.3) is 0 Å². The molecular weight excluding hydrogens is 192 g/mol. The highest BCUT2D eigenvalue weighted by Crippen LogP contribution is 2.22. The smallest absolute Gasteiger partial charge is 0.342 e. The van der Waals surface area contributed by atoms with Crippen LogP contribution in [0.3, 0.4) is 0 Å². The molecule has 0 N–H and O–H groups in total. The van der Waals surface area contributed by atoms with Gasteiger partial charge >= 0.3 is 5.97 Å². The number of hydrogen-bond donors (Lipinski definition) is 0. The third kappa shape index (κ3) is 2.72. The van der Waals surface area contributed by atoms with Crippen LogP contribution < -0.4 is 4.74 Å². The molecule has 15 heavy (non-hydrogen) atoms. The molecule has 82 valence electrons. The average Bonchev–Trinajstić information content (AvgIpc) is 2.18. The van der Waals surface area contributed by atoms with E-state index >= 15 is 0 Å². The minimum atomic E-state index is -0.320. The van der Waals surface area contributed by atoms with E-state index in [-0.39, 0.29) is 5.97 Å². The van der Waals surface area contributed by atoms with Gasteiger partial charge in [0, 0.05) is 0 Å². The van der Waals surface area contributed by atoms with Crippen LogP contribution in [0.5, 0.6) is 5.75 Å². The van der Waals surface area contributed by atoms with E-state index in [9.17, 15) is 4.79 Å². The van der Waals surface area contributed by atoms with E-state index < -0.39 is 0 Å². The molecule has 0 spiro atoms. The van der Waals surface area contributed by atoms with Crippen molar-refractivity contribution in [1.29, 1.82) is 0 Å². The number of carbonyl (C=O) groups excluding carboxylic acids is 1. The lowest BCUT2D eigenvalue weighted by atomic mass is 10.1. The normalized spacial score (nSPS) is 9.80. The Morgan fingerprint density at radius 2 is 2.00 bits per heavy atom. The molecule has 1 aromatic carbocycles. The molecule has 0 atom stereocenters. The highest BCUT2D eigenvalue weighted by Gasteiger charge is 2.15. The van der Waals surface area contributed by atoms with Gasteiger partial charge in [0.25, 0.3) is 0 Å².